The van der Waals surface area contributed by atoms with Crippen LogP contribution >= 0.6 is 11.8 Å². The van der Waals surface area contributed by atoms with Gasteiger partial charge in [0.25, 0.3) is 0 Å². The van der Waals surface area contributed by atoms with Crippen molar-refractivity contribution in [2.45, 2.75) is 39.9 Å². The summed E-state index contributed by atoms with van der Waals surface area (Å²) in [6, 6.07) is 0. The normalized spacial score (nSPS) is 12.7. The first kappa shape index (κ1) is 20.0. The van der Waals surface area contributed by atoms with Crippen LogP contribution in [0.4, 0.5) is 0 Å². The number of rotatable bonds is 5. The predicted molar refractivity (Wildman–Crippen MR) is 78.7 cm³/mol. The molecule has 0 aliphatic heterocycles. The highest BCUT2D eigenvalue weighted by atomic mass is 32.2. The van der Waals surface area contributed by atoms with Gasteiger partial charge in [0.05, 0.1) is 0 Å². The second kappa shape index (κ2) is 19.2. The Morgan fingerprint density at radius 3 is 1.67 bits per heavy atom. The largest absolute Gasteiger partial charge is 0.157 e. The first-order valence-corrected chi connectivity index (χ1v) is 6.99. The maximum absolute atomic E-state index is 3.78. The molecular formula is C14H28S. The van der Waals surface area contributed by atoms with Crippen molar-refractivity contribution in [2.24, 2.45) is 5.92 Å². The third kappa shape index (κ3) is 11.5. The highest BCUT2D eigenvalue weighted by Gasteiger charge is 2.09. The van der Waals surface area contributed by atoms with Gasteiger partial charge in [0.1, 0.15) is 0 Å². The van der Waals surface area contributed by atoms with Crippen molar-refractivity contribution < 1.29 is 0 Å². The van der Waals surface area contributed by atoms with E-state index < -0.39 is 0 Å². The van der Waals surface area contributed by atoms with Gasteiger partial charge in [-0.2, -0.15) is 11.8 Å². The number of hydrogen-bond acceptors (Lipinski definition) is 1. The third-order valence-electron chi connectivity index (χ3n) is 1.57. The molecule has 0 heterocycles. The minimum absolute atomic E-state index is 0.424. The van der Waals surface area contributed by atoms with Crippen LogP contribution in [-0.4, -0.2) is 11.5 Å². The fourth-order valence-electron chi connectivity index (χ4n) is 0.955. The van der Waals surface area contributed by atoms with Crippen LogP contribution in [0.3, 0.4) is 0 Å². The standard InChI is InChI=1S/C10H16S.2C2H6/c1-5-8-9(6-2)10(7-3)11-4;2*1-2/h5-10H,2-3H2,1,4H3;2*1-2H3/b8-5-;;. The summed E-state index contributed by atoms with van der Waals surface area (Å²) < 4.78 is 0. The molecule has 0 aliphatic rings. The Hall–Kier alpha value is -0.430. The second-order valence-corrected chi connectivity index (χ2v) is 3.29. The van der Waals surface area contributed by atoms with Crippen molar-refractivity contribution in [3.05, 3.63) is 37.5 Å². The molecule has 0 bridgehead atoms. The molecule has 0 N–H and O–H groups in total. The van der Waals surface area contributed by atoms with E-state index in [-0.39, 0.29) is 0 Å². The Labute approximate surface area is 102 Å². The van der Waals surface area contributed by atoms with Crippen molar-refractivity contribution >= 4 is 11.8 Å². The molecule has 2 unspecified atom stereocenters. The molecule has 0 rings (SSSR count). The van der Waals surface area contributed by atoms with Gasteiger partial charge in [-0.15, -0.1) is 13.2 Å². The molecule has 0 aliphatic carbocycles. The summed E-state index contributed by atoms with van der Waals surface area (Å²) in [4.78, 5) is 0. The molecule has 0 aromatic heterocycles. The van der Waals surface area contributed by atoms with Crippen LogP contribution in [0.15, 0.2) is 37.5 Å². The van der Waals surface area contributed by atoms with Gasteiger partial charge in [-0.25, -0.2) is 0 Å². The lowest BCUT2D eigenvalue weighted by atomic mass is 10.1. The zero-order chi connectivity index (χ0) is 12.7. The lowest BCUT2D eigenvalue weighted by Gasteiger charge is -2.14. The first-order valence-electron chi connectivity index (χ1n) is 5.70. The van der Waals surface area contributed by atoms with E-state index in [1.165, 1.54) is 0 Å². The van der Waals surface area contributed by atoms with E-state index in [0.29, 0.717) is 11.2 Å². The van der Waals surface area contributed by atoms with Crippen LogP contribution in [0.2, 0.25) is 0 Å². The van der Waals surface area contributed by atoms with Crippen LogP contribution in [-0.2, 0) is 0 Å². The lowest BCUT2D eigenvalue weighted by molar-refractivity contribution is 0.854. The summed E-state index contributed by atoms with van der Waals surface area (Å²) in [7, 11) is 0. The van der Waals surface area contributed by atoms with Crippen molar-refractivity contribution in [3.63, 3.8) is 0 Å². The molecule has 0 nitrogen and oxygen atoms in total. The smallest absolute Gasteiger partial charge is 0.0319 e. The Kier molecular flexibility index (Phi) is 25.6. The molecule has 0 amide bonds. The molecule has 90 valence electrons. The Balaban J connectivity index is -0.000000318. The van der Waals surface area contributed by atoms with Gasteiger partial charge in [0, 0.05) is 11.2 Å². The van der Waals surface area contributed by atoms with Gasteiger partial charge in [0.2, 0.25) is 0 Å². The molecule has 0 saturated heterocycles. The Morgan fingerprint density at radius 2 is 1.47 bits per heavy atom. The molecule has 0 aromatic carbocycles. The number of thioether (sulfide) groups is 1. The predicted octanol–water partition coefficient (Wildman–Crippen LogP) is 5.33. The Morgan fingerprint density at radius 1 is 1.00 bits per heavy atom. The molecule has 0 aromatic rings. The fourth-order valence-corrected chi connectivity index (χ4v) is 1.66. The fraction of sp³-hybridized carbons (Fsp3) is 0.571. The van der Waals surface area contributed by atoms with Gasteiger partial charge in [-0.05, 0) is 13.2 Å². The molecular weight excluding hydrogens is 200 g/mol. The van der Waals surface area contributed by atoms with Crippen LogP contribution in [0.5, 0.6) is 0 Å². The van der Waals surface area contributed by atoms with E-state index >= 15 is 0 Å². The average Bonchev–Trinajstić information content (AvgIpc) is 2.34. The maximum Gasteiger partial charge on any atom is 0.0319 e. The van der Waals surface area contributed by atoms with Gasteiger partial charge in [0.15, 0.2) is 0 Å². The summed E-state index contributed by atoms with van der Waals surface area (Å²) in [5.74, 6) is 0.424. The van der Waals surface area contributed by atoms with Crippen molar-refractivity contribution in [1.29, 1.82) is 0 Å². The highest BCUT2D eigenvalue weighted by Crippen LogP contribution is 2.20. The minimum atomic E-state index is 0.424. The van der Waals surface area contributed by atoms with Gasteiger partial charge in [-0.3, -0.25) is 0 Å². The van der Waals surface area contributed by atoms with Crippen LogP contribution in [0.1, 0.15) is 34.6 Å². The average molecular weight is 228 g/mol. The Bertz CT molecular complexity index is 147. The van der Waals surface area contributed by atoms with Gasteiger partial charge >= 0.3 is 0 Å². The van der Waals surface area contributed by atoms with E-state index in [0.717, 1.165) is 0 Å². The summed E-state index contributed by atoms with van der Waals surface area (Å²) in [6.07, 6.45) is 10.2. The molecule has 2 atom stereocenters. The minimum Gasteiger partial charge on any atom is -0.157 e. The highest BCUT2D eigenvalue weighted by molar-refractivity contribution is 7.99. The van der Waals surface area contributed by atoms with E-state index in [1.54, 1.807) is 11.8 Å². The third-order valence-corrected chi connectivity index (χ3v) is 2.62. The van der Waals surface area contributed by atoms with Crippen LogP contribution in [0, 0.1) is 5.92 Å². The molecule has 0 radical (unpaired) electrons. The molecule has 0 fully saturated rings. The summed E-state index contributed by atoms with van der Waals surface area (Å²) in [5, 5.41) is 0.462. The molecule has 0 spiro atoms. The number of allylic oxidation sites excluding steroid dienone is 3. The topological polar surface area (TPSA) is 0 Å². The van der Waals surface area contributed by atoms with Crippen LogP contribution in [0.25, 0.3) is 0 Å². The molecule has 0 saturated carbocycles. The molecule has 1 heteroatoms. The monoisotopic (exact) mass is 228 g/mol. The zero-order valence-electron chi connectivity index (χ0n) is 11.3. The number of hydrogen-bond donors (Lipinski definition) is 0. The molecule has 15 heavy (non-hydrogen) atoms. The summed E-state index contributed by atoms with van der Waals surface area (Å²) >= 11 is 1.80. The first-order chi connectivity index (χ1) is 7.29. The summed E-state index contributed by atoms with van der Waals surface area (Å²) in [6.45, 7) is 17.6. The van der Waals surface area contributed by atoms with Gasteiger partial charge < -0.3 is 0 Å². The SMILES string of the molecule is C=CC(/C=C\C)C(C=C)SC.CC.CC. The second-order valence-electron chi connectivity index (χ2n) is 2.27. The van der Waals surface area contributed by atoms with E-state index in [4.69, 9.17) is 0 Å². The van der Waals surface area contributed by atoms with Crippen LogP contribution < -0.4 is 0 Å². The summed E-state index contributed by atoms with van der Waals surface area (Å²) in [5.41, 5.74) is 0. The van der Waals surface area contributed by atoms with E-state index in [9.17, 15) is 0 Å². The maximum atomic E-state index is 3.78. The van der Waals surface area contributed by atoms with E-state index in [2.05, 4.69) is 31.6 Å². The zero-order valence-corrected chi connectivity index (χ0v) is 12.1. The van der Waals surface area contributed by atoms with Crippen molar-refractivity contribution in [2.75, 3.05) is 6.26 Å². The van der Waals surface area contributed by atoms with Crippen molar-refractivity contribution in [1.82, 2.24) is 0 Å². The van der Waals surface area contributed by atoms with E-state index in [1.807, 2.05) is 46.8 Å². The van der Waals surface area contributed by atoms with Crippen molar-refractivity contribution in [3.8, 4) is 0 Å². The van der Waals surface area contributed by atoms with Gasteiger partial charge in [-0.1, -0.05) is 52.0 Å². The lowest BCUT2D eigenvalue weighted by Crippen LogP contribution is -2.08. The quantitative estimate of drug-likeness (QED) is 0.573.